The van der Waals surface area contributed by atoms with Crippen molar-refractivity contribution in [2.45, 2.75) is 31.7 Å². The number of fused-ring (bicyclic) bond motifs is 1. The van der Waals surface area contributed by atoms with Crippen LogP contribution in [-0.2, 0) is 13.0 Å². The number of hydrogen-bond donors (Lipinski definition) is 1. The lowest BCUT2D eigenvalue weighted by Crippen LogP contribution is -2.38. The molecule has 0 spiro atoms. The molecule has 7 heteroatoms. The van der Waals surface area contributed by atoms with Crippen LogP contribution in [0.2, 0.25) is 0 Å². The van der Waals surface area contributed by atoms with Crippen LogP contribution in [0.25, 0.3) is 0 Å². The molecule has 1 saturated heterocycles. The Labute approximate surface area is 159 Å². The molecule has 142 valence electrons. The molecule has 1 atom stereocenters. The van der Waals surface area contributed by atoms with Crippen LogP contribution in [0, 0.1) is 0 Å². The Morgan fingerprint density at radius 1 is 1.30 bits per heavy atom. The third-order valence-electron chi connectivity index (χ3n) is 5.50. The van der Waals surface area contributed by atoms with E-state index in [-0.39, 0.29) is 5.91 Å². The van der Waals surface area contributed by atoms with E-state index in [0.717, 1.165) is 48.8 Å². The van der Waals surface area contributed by atoms with E-state index in [1.54, 1.807) is 18.5 Å². The SMILES string of the molecule is CNc1nc([C@@H]2CCCN(C)C2)nc2c1CCN(C(=O)c1cccnc1)C2. The first-order chi connectivity index (χ1) is 13.2. The van der Waals surface area contributed by atoms with Gasteiger partial charge in [0, 0.05) is 44.0 Å². The van der Waals surface area contributed by atoms with Gasteiger partial charge in [0.1, 0.15) is 11.6 Å². The molecule has 1 fully saturated rings. The Hall–Kier alpha value is -2.54. The number of hydrogen-bond acceptors (Lipinski definition) is 6. The third kappa shape index (κ3) is 3.64. The lowest BCUT2D eigenvalue weighted by atomic mass is 9.96. The van der Waals surface area contributed by atoms with Gasteiger partial charge in [-0.1, -0.05) is 0 Å². The summed E-state index contributed by atoms with van der Waals surface area (Å²) >= 11 is 0. The number of nitrogens with one attached hydrogen (secondary N) is 1. The third-order valence-corrected chi connectivity index (χ3v) is 5.50. The molecule has 4 rings (SSSR count). The molecule has 2 aliphatic rings. The first-order valence-corrected chi connectivity index (χ1v) is 9.61. The number of amides is 1. The number of carbonyl (C=O) groups is 1. The van der Waals surface area contributed by atoms with Gasteiger partial charge < -0.3 is 15.1 Å². The summed E-state index contributed by atoms with van der Waals surface area (Å²) in [6.45, 7) is 3.31. The first-order valence-electron chi connectivity index (χ1n) is 9.61. The zero-order valence-corrected chi connectivity index (χ0v) is 16.0. The van der Waals surface area contributed by atoms with E-state index < -0.39 is 0 Å². The number of likely N-dealkylation sites (N-methyl/N-ethyl adjacent to an activating group) is 1. The summed E-state index contributed by atoms with van der Waals surface area (Å²) in [5.41, 5.74) is 2.74. The number of anilines is 1. The highest BCUT2D eigenvalue weighted by atomic mass is 16.2. The van der Waals surface area contributed by atoms with E-state index in [1.165, 1.54) is 6.42 Å². The number of aromatic nitrogens is 3. The Morgan fingerprint density at radius 2 is 2.19 bits per heavy atom. The number of piperidine rings is 1. The Kier molecular flexibility index (Phi) is 5.03. The van der Waals surface area contributed by atoms with E-state index in [9.17, 15) is 4.79 Å². The number of nitrogens with zero attached hydrogens (tertiary/aromatic N) is 5. The molecule has 1 amide bonds. The predicted octanol–water partition coefficient (Wildman–Crippen LogP) is 1.92. The topological polar surface area (TPSA) is 74.2 Å². The molecule has 2 aromatic heterocycles. The van der Waals surface area contributed by atoms with Crippen molar-refractivity contribution < 1.29 is 4.79 Å². The van der Waals surface area contributed by atoms with Crippen molar-refractivity contribution in [2.24, 2.45) is 0 Å². The van der Waals surface area contributed by atoms with Crippen LogP contribution < -0.4 is 5.32 Å². The second kappa shape index (κ2) is 7.60. The first kappa shape index (κ1) is 17.9. The summed E-state index contributed by atoms with van der Waals surface area (Å²) < 4.78 is 0. The van der Waals surface area contributed by atoms with Crippen molar-refractivity contribution in [2.75, 3.05) is 39.0 Å². The molecule has 0 aromatic carbocycles. The molecular weight excluding hydrogens is 340 g/mol. The fraction of sp³-hybridized carbons (Fsp3) is 0.500. The Morgan fingerprint density at radius 3 is 2.93 bits per heavy atom. The van der Waals surface area contributed by atoms with E-state index in [2.05, 4.69) is 22.2 Å². The van der Waals surface area contributed by atoms with Gasteiger partial charge in [0.15, 0.2) is 0 Å². The predicted molar refractivity (Wildman–Crippen MR) is 104 cm³/mol. The second-order valence-electron chi connectivity index (χ2n) is 7.43. The van der Waals surface area contributed by atoms with Crippen molar-refractivity contribution in [1.29, 1.82) is 0 Å². The molecule has 27 heavy (non-hydrogen) atoms. The summed E-state index contributed by atoms with van der Waals surface area (Å²) in [7, 11) is 4.06. The number of likely N-dealkylation sites (tertiary alicyclic amines) is 1. The Bertz CT molecular complexity index is 825. The highest BCUT2D eigenvalue weighted by Crippen LogP contribution is 2.29. The number of carbonyl (C=O) groups excluding carboxylic acids is 1. The molecule has 0 unspecified atom stereocenters. The van der Waals surface area contributed by atoms with Crippen molar-refractivity contribution in [3.05, 3.63) is 47.2 Å². The second-order valence-corrected chi connectivity index (χ2v) is 7.43. The van der Waals surface area contributed by atoms with Crippen LogP contribution in [-0.4, -0.2) is 64.4 Å². The minimum Gasteiger partial charge on any atom is -0.373 e. The van der Waals surface area contributed by atoms with Gasteiger partial charge in [-0.25, -0.2) is 9.97 Å². The van der Waals surface area contributed by atoms with E-state index in [4.69, 9.17) is 9.97 Å². The normalized spacial score (nSPS) is 20.2. The average molecular weight is 366 g/mol. The van der Waals surface area contributed by atoms with E-state index >= 15 is 0 Å². The van der Waals surface area contributed by atoms with Crippen molar-refractivity contribution in [3.8, 4) is 0 Å². The van der Waals surface area contributed by atoms with Crippen molar-refractivity contribution >= 4 is 11.7 Å². The average Bonchev–Trinajstić information content (AvgIpc) is 2.72. The van der Waals surface area contributed by atoms with E-state index in [1.807, 2.05) is 18.0 Å². The van der Waals surface area contributed by atoms with Gasteiger partial charge in [-0.2, -0.15) is 0 Å². The summed E-state index contributed by atoms with van der Waals surface area (Å²) in [6.07, 6.45) is 6.36. The van der Waals surface area contributed by atoms with Crippen LogP contribution >= 0.6 is 0 Å². The monoisotopic (exact) mass is 366 g/mol. The molecular formula is C20H26N6O. The molecule has 0 aliphatic carbocycles. The maximum Gasteiger partial charge on any atom is 0.255 e. The fourth-order valence-electron chi connectivity index (χ4n) is 4.06. The van der Waals surface area contributed by atoms with Crippen LogP contribution in [0.1, 0.15) is 46.2 Å². The largest absolute Gasteiger partial charge is 0.373 e. The zero-order chi connectivity index (χ0) is 18.8. The standard InChI is InChI=1S/C20H26N6O/c1-21-19-16-7-10-26(20(27)14-5-3-8-22-11-14)13-17(16)23-18(24-19)15-6-4-9-25(2)12-15/h3,5,8,11,15H,4,6-7,9-10,12-13H2,1-2H3,(H,21,23,24)/t15-/m1/s1. The zero-order valence-electron chi connectivity index (χ0n) is 16.0. The highest BCUT2D eigenvalue weighted by Gasteiger charge is 2.28. The van der Waals surface area contributed by atoms with Gasteiger partial charge in [-0.3, -0.25) is 9.78 Å². The quantitative estimate of drug-likeness (QED) is 0.895. The van der Waals surface area contributed by atoms with Gasteiger partial charge >= 0.3 is 0 Å². The molecule has 4 heterocycles. The van der Waals surface area contributed by atoms with Crippen LogP contribution in [0.3, 0.4) is 0 Å². The van der Waals surface area contributed by atoms with Crippen LogP contribution in [0.4, 0.5) is 5.82 Å². The minimum absolute atomic E-state index is 0.0114. The van der Waals surface area contributed by atoms with Crippen molar-refractivity contribution in [1.82, 2.24) is 24.8 Å². The molecule has 0 radical (unpaired) electrons. The summed E-state index contributed by atoms with van der Waals surface area (Å²) in [5.74, 6) is 2.18. The van der Waals surface area contributed by atoms with Crippen LogP contribution in [0.15, 0.2) is 24.5 Å². The highest BCUT2D eigenvalue weighted by molar-refractivity contribution is 5.94. The summed E-state index contributed by atoms with van der Waals surface area (Å²) in [5, 5.41) is 3.24. The lowest BCUT2D eigenvalue weighted by Gasteiger charge is -2.32. The van der Waals surface area contributed by atoms with Gasteiger partial charge in [0.25, 0.3) is 5.91 Å². The molecule has 1 N–H and O–H groups in total. The van der Waals surface area contributed by atoms with Gasteiger partial charge in [-0.15, -0.1) is 0 Å². The van der Waals surface area contributed by atoms with Crippen LogP contribution in [0.5, 0.6) is 0 Å². The molecule has 2 aromatic rings. The molecule has 0 saturated carbocycles. The maximum absolute atomic E-state index is 12.8. The van der Waals surface area contributed by atoms with Crippen molar-refractivity contribution in [3.63, 3.8) is 0 Å². The smallest absolute Gasteiger partial charge is 0.255 e. The van der Waals surface area contributed by atoms with Gasteiger partial charge in [-0.05, 0) is 45.0 Å². The summed E-state index contributed by atoms with van der Waals surface area (Å²) in [6, 6.07) is 3.61. The fourth-order valence-corrected chi connectivity index (χ4v) is 4.06. The van der Waals surface area contributed by atoms with Gasteiger partial charge in [0.2, 0.25) is 0 Å². The van der Waals surface area contributed by atoms with Gasteiger partial charge in [0.05, 0.1) is 17.8 Å². The number of rotatable bonds is 3. The van der Waals surface area contributed by atoms with E-state index in [0.29, 0.717) is 24.6 Å². The maximum atomic E-state index is 12.8. The Balaban J connectivity index is 1.61. The lowest BCUT2D eigenvalue weighted by molar-refractivity contribution is 0.0731. The summed E-state index contributed by atoms with van der Waals surface area (Å²) in [4.78, 5) is 30.8. The molecule has 0 bridgehead atoms. The molecule has 7 nitrogen and oxygen atoms in total. The molecule has 2 aliphatic heterocycles. The number of pyridine rings is 1. The minimum atomic E-state index is 0.0114.